The number of Topliss-reactive ketones (excluding diaryl/α,β-unsaturated/α-hetero) is 1. The van der Waals surface area contributed by atoms with Gasteiger partial charge in [0.25, 0.3) is 0 Å². The highest BCUT2D eigenvalue weighted by atomic mass is 31.0. The van der Waals surface area contributed by atoms with Crippen LogP contribution in [0, 0.1) is 23.7 Å². The molecule has 4 heterocycles. The molecule has 1 aromatic heterocycles. The number of rotatable bonds is 11. The summed E-state index contributed by atoms with van der Waals surface area (Å²) in [6, 6.07) is -0.379. The van der Waals surface area contributed by atoms with E-state index in [1.165, 1.54) is 21.1 Å². The lowest BCUT2D eigenvalue weighted by Gasteiger charge is -2.50. The molecule has 0 saturated carbocycles. The molecule has 17 nitrogen and oxygen atoms in total. The molecule has 3 aliphatic heterocycles. The third-order valence-electron chi connectivity index (χ3n) is 13.5. The summed E-state index contributed by atoms with van der Waals surface area (Å²) in [5, 5.41) is 54.5. The van der Waals surface area contributed by atoms with E-state index in [1.807, 2.05) is 32.0 Å². The molecule has 3 aliphatic rings. The number of likely N-dealkylation sites (N-methyl/N-ethyl adjacent to an activating group) is 1. The van der Waals surface area contributed by atoms with Crippen molar-refractivity contribution in [2.24, 2.45) is 23.7 Å². The number of esters is 1. The maximum Gasteiger partial charge on any atom is 0.311 e. The van der Waals surface area contributed by atoms with Crippen LogP contribution in [-0.2, 0) is 49.2 Å². The normalized spacial score (nSPS) is 44.6. The number of ketones is 1. The Morgan fingerprint density at radius 1 is 0.949 bits per heavy atom. The number of hydrogen-bond donors (Lipinski definition) is 4. The van der Waals surface area contributed by atoms with Gasteiger partial charge in [-0.3, -0.25) is 9.59 Å². The summed E-state index contributed by atoms with van der Waals surface area (Å²) < 4.78 is 46.0. The van der Waals surface area contributed by atoms with Gasteiger partial charge in [-0.05, 0) is 77.2 Å². The minimum Gasteiger partial charge on any atom is -0.459 e. The Hall–Kier alpha value is -1.73. The number of carbonyl (C=O) groups is 2. The Kier molecular flexibility index (Phi) is 17.1. The minimum absolute atomic E-state index is 0.0856. The first-order valence-electron chi connectivity index (χ1n) is 21.0. The number of aromatic nitrogens is 3. The number of ether oxygens (including phenoxy) is 7. The fourth-order valence-corrected chi connectivity index (χ4v) is 9.62. The van der Waals surface area contributed by atoms with Crippen LogP contribution in [0.15, 0.2) is 6.20 Å². The first-order chi connectivity index (χ1) is 27.4. The fourth-order valence-electron chi connectivity index (χ4n) is 9.39. The second kappa shape index (κ2) is 20.2. The maximum absolute atomic E-state index is 14.3. The van der Waals surface area contributed by atoms with Crippen LogP contribution < -0.4 is 0 Å². The minimum atomic E-state index is -1.98. The van der Waals surface area contributed by atoms with Gasteiger partial charge in [-0.25, -0.2) is 4.45 Å². The monoisotopic (exact) mass is 860 g/mol. The first kappa shape index (κ1) is 49.9. The van der Waals surface area contributed by atoms with Crippen LogP contribution in [0.1, 0.15) is 101 Å². The van der Waals surface area contributed by atoms with Crippen LogP contribution in [0.3, 0.4) is 0 Å². The molecule has 340 valence electrons. The lowest BCUT2D eigenvalue weighted by atomic mass is 9.74. The topological polar surface area (TPSA) is 214 Å². The van der Waals surface area contributed by atoms with Gasteiger partial charge < -0.3 is 58.5 Å². The molecular formula is C41H73N4O13P. The van der Waals surface area contributed by atoms with Crippen LogP contribution in [0.5, 0.6) is 0 Å². The summed E-state index contributed by atoms with van der Waals surface area (Å²) in [7, 11) is 7.39. The Morgan fingerprint density at radius 2 is 1.59 bits per heavy atom. The predicted octanol–water partition coefficient (Wildman–Crippen LogP) is 2.28. The highest BCUT2D eigenvalue weighted by Gasteiger charge is 2.54. The summed E-state index contributed by atoms with van der Waals surface area (Å²) in [4.78, 5) is 30.5. The molecule has 19 atom stereocenters. The molecular weight excluding hydrogens is 787 g/mol. The summed E-state index contributed by atoms with van der Waals surface area (Å²) in [6.07, 6.45) is -6.82. The van der Waals surface area contributed by atoms with E-state index in [1.54, 1.807) is 52.9 Å². The molecule has 0 bridgehead atoms. The van der Waals surface area contributed by atoms with E-state index in [0.717, 1.165) is 5.69 Å². The standard InChI is InChI=1S/C41H73N4O13P/c1-14-29-41(10,51)34(48)23(4)31(46)21(2)18-40(9,53-13)36(58-38-32(47)28(17-22(3)54-38)44(11)16-15-27-20-45(59)43-42-27)24(5)33(25(6)37(50)56-29)57-30-19-39(8,52-12)35(49)26(7)55-30/h20-26,28-30,32-36,38,47-49,51H,14-19,59H2,1-13H3/t21-,22-,23+,24+,25-,26+,28+,29-,30+,32-,33+,34-,35+,36-,38+,39-,40-,41-/m1/s1. The van der Waals surface area contributed by atoms with E-state index in [9.17, 15) is 30.0 Å². The van der Waals surface area contributed by atoms with Crippen LogP contribution in [0.4, 0.5) is 0 Å². The van der Waals surface area contributed by atoms with E-state index in [-0.39, 0.29) is 37.2 Å². The number of carbonyl (C=O) groups excluding carboxylic acids is 2. The number of aliphatic hydroxyl groups excluding tert-OH is 3. The van der Waals surface area contributed by atoms with Crippen molar-refractivity contribution >= 4 is 21.1 Å². The third kappa shape index (κ3) is 11.1. The smallest absolute Gasteiger partial charge is 0.311 e. The van der Waals surface area contributed by atoms with Crippen molar-refractivity contribution in [3.05, 3.63) is 11.9 Å². The van der Waals surface area contributed by atoms with E-state index in [0.29, 0.717) is 19.4 Å². The first-order valence-corrected chi connectivity index (χ1v) is 21.6. The number of cyclic esters (lactones) is 1. The van der Waals surface area contributed by atoms with Gasteiger partial charge in [-0.2, -0.15) is 0 Å². The third-order valence-corrected chi connectivity index (χ3v) is 13.7. The van der Waals surface area contributed by atoms with Crippen molar-refractivity contribution in [3.63, 3.8) is 0 Å². The average Bonchev–Trinajstić information content (AvgIpc) is 3.62. The van der Waals surface area contributed by atoms with E-state index < -0.39 is 102 Å². The van der Waals surface area contributed by atoms with Gasteiger partial charge in [0.05, 0.1) is 59.5 Å². The molecule has 3 fully saturated rings. The molecule has 0 spiro atoms. The van der Waals surface area contributed by atoms with E-state index in [4.69, 9.17) is 33.2 Å². The molecule has 4 N–H and O–H groups in total. The van der Waals surface area contributed by atoms with Gasteiger partial charge in [0.15, 0.2) is 12.6 Å². The zero-order valence-corrected chi connectivity index (χ0v) is 38.5. The van der Waals surface area contributed by atoms with Gasteiger partial charge in [0.1, 0.15) is 29.7 Å². The number of nitrogens with zero attached hydrogens (tertiary/aromatic N) is 4. The van der Waals surface area contributed by atoms with Crippen LogP contribution in [0.25, 0.3) is 0 Å². The summed E-state index contributed by atoms with van der Waals surface area (Å²) in [5.74, 6) is -4.61. The van der Waals surface area contributed by atoms with Gasteiger partial charge in [-0.1, -0.05) is 32.9 Å². The molecule has 59 heavy (non-hydrogen) atoms. The molecule has 0 radical (unpaired) electrons. The zero-order valence-electron chi connectivity index (χ0n) is 37.3. The molecule has 0 aliphatic carbocycles. The molecule has 18 heteroatoms. The highest BCUT2D eigenvalue weighted by molar-refractivity contribution is 7.14. The number of methoxy groups -OCH3 is 2. The fraction of sp³-hybridized carbons (Fsp3) is 0.902. The SMILES string of the molecule is CC[C@H]1OC(=O)[C@H](C)[C@@H](O[C@H]2C[C@@](C)(OC)[C@@H](O)[C@H](C)O2)[C@H](C)[C@@H](O[C@@H]2O[C@H](C)C[C@H](N(C)CCc3cn(P)nn3)[C@H]2O)[C@](C)(OC)C[C@@H](C)C(=O)[C@H](C)[C@@H](O)[C@]1(C)O. The van der Waals surface area contributed by atoms with Crippen LogP contribution in [0.2, 0.25) is 0 Å². The van der Waals surface area contributed by atoms with E-state index in [2.05, 4.69) is 19.7 Å². The largest absolute Gasteiger partial charge is 0.459 e. The maximum atomic E-state index is 14.3. The quantitative estimate of drug-likeness (QED) is 0.186. The molecule has 0 aromatic carbocycles. The van der Waals surface area contributed by atoms with Crippen molar-refractivity contribution in [1.82, 2.24) is 19.7 Å². The van der Waals surface area contributed by atoms with Crippen LogP contribution in [-0.4, -0.2) is 164 Å². The van der Waals surface area contributed by atoms with Gasteiger partial charge in [0, 0.05) is 57.4 Å². The summed E-state index contributed by atoms with van der Waals surface area (Å²) in [5.41, 5.74) is -3.53. The van der Waals surface area contributed by atoms with Crippen molar-refractivity contribution in [2.75, 3.05) is 27.8 Å². The Balaban J connectivity index is 1.80. The number of aliphatic hydroxyl groups is 4. The Morgan fingerprint density at radius 3 is 2.17 bits per heavy atom. The molecule has 1 unspecified atom stereocenters. The van der Waals surface area contributed by atoms with Gasteiger partial charge >= 0.3 is 5.97 Å². The summed E-state index contributed by atoms with van der Waals surface area (Å²) in [6.45, 7) is 17.6. The van der Waals surface area contributed by atoms with Crippen LogP contribution >= 0.6 is 9.39 Å². The highest BCUT2D eigenvalue weighted by Crippen LogP contribution is 2.42. The number of hydrogen-bond acceptors (Lipinski definition) is 16. The molecule has 4 rings (SSSR count). The second-order valence-corrected chi connectivity index (χ2v) is 18.6. The average molecular weight is 861 g/mol. The van der Waals surface area contributed by atoms with Crippen molar-refractivity contribution in [1.29, 1.82) is 0 Å². The molecule has 0 amide bonds. The zero-order chi connectivity index (χ0) is 44.4. The van der Waals surface area contributed by atoms with Crippen molar-refractivity contribution in [2.45, 2.75) is 186 Å². The molecule has 1 aromatic rings. The lowest BCUT2D eigenvalue weighted by molar-refractivity contribution is -0.319. The molecule has 3 saturated heterocycles. The van der Waals surface area contributed by atoms with Gasteiger partial charge in [0.2, 0.25) is 0 Å². The second-order valence-electron chi connectivity index (χ2n) is 18.1. The Bertz CT molecular complexity index is 1540. The predicted molar refractivity (Wildman–Crippen MR) is 219 cm³/mol. The Labute approximate surface area is 352 Å². The van der Waals surface area contributed by atoms with E-state index >= 15 is 0 Å². The van der Waals surface area contributed by atoms with Gasteiger partial charge in [-0.15, -0.1) is 5.10 Å². The van der Waals surface area contributed by atoms with Crippen molar-refractivity contribution in [3.8, 4) is 0 Å². The lowest BCUT2D eigenvalue weighted by Crippen LogP contribution is -2.61. The summed E-state index contributed by atoms with van der Waals surface area (Å²) >= 11 is 0. The van der Waals surface area contributed by atoms with Crippen molar-refractivity contribution < 1.29 is 63.2 Å².